The summed E-state index contributed by atoms with van der Waals surface area (Å²) >= 11 is 3.64. The van der Waals surface area contributed by atoms with Gasteiger partial charge in [-0.1, -0.05) is 22.4 Å². The third-order valence-corrected chi connectivity index (χ3v) is 4.75. The quantitative estimate of drug-likeness (QED) is 0.868. The minimum absolute atomic E-state index is 0.623. The van der Waals surface area contributed by atoms with Gasteiger partial charge in [-0.25, -0.2) is 0 Å². The molecule has 1 saturated heterocycles. The van der Waals surface area contributed by atoms with Crippen LogP contribution in [0.5, 0.6) is 0 Å². The summed E-state index contributed by atoms with van der Waals surface area (Å²) in [5, 5.41) is 8.83. The van der Waals surface area contributed by atoms with Gasteiger partial charge in [-0.2, -0.15) is 5.10 Å². The summed E-state index contributed by atoms with van der Waals surface area (Å²) < 4.78 is 5.44. The Morgan fingerprint density at radius 1 is 1.18 bits per heavy atom. The van der Waals surface area contributed by atoms with Crippen LogP contribution in [0, 0.1) is 0 Å². The second kappa shape index (κ2) is 5.11. The Hall–Kier alpha value is -0.350. The van der Waals surface area contributed by atoms with Gasteiger partial charge in [0.1, 0.15) is 0 Å². The van der Waals surface area contributed by atoms with Crippen LogP contribution in [0.15, 0.2) is 0 Å². The molecule has 1 aliphatic carbocycles. The molecule has 17 heavy (non-hydrogen) atoms. The van der Waals surface area contributed by atoms with Crippen molar-refractivity contribution in [2.75, 3.05) is 13.2 Å². The third-order valence-electron chi connectivity index (χ3n) is 4.19. The van der Waals surface area contributed by atoms with Gasteiger partial charge in [0, 0.05) is 41.6 Å². The van der Waals surface area contributed by atoms with Crippen molar-refractivity contribution in [3.63, 3.8) is 0 Å². The summed E-state index contributed by atoms with van der Waals surface area (Å²) in [5.74, 6) is 1.34. The SMILES string of the molecule is BrCc1c(C2CCC2)n[nH]c1C1CCOCC1. The van der Waals surface area contributed by atoms with Gasteiger partial charge in [0.2, 0.25) is 0 Å². The van der Waals surface area contributed by atoms with E-state index in [2.05, 4.69) is 26.1 Å². The number of aromatic nitrogens is 2. The van der Waals surface area contributed by atoms with Gasteiger partial charge in [-0.3, -0.25) is 5.10 Å². The molecule has 0 spiro atoms. The molecule has 3 nitrogen and oxygen atoms in total. The first kappa shape index (κ1) is 11.7. The number of rotatable bonds is 3. The lowest BCUT2D eigenvalue weighted by atomic mass is 9.80. The zero-order valence-electron chi connectivity index (χ0n) is 10.0. The first-order chi connectivity index (χ1) is 8.40. The lowest BCUT2D eigenvalue weighted by Gasteiger charge is -2.25. The van der Waals surface area contributed by atoms with E-state index in [1.807, 2.05) is 0 Å². The zero-order chi connectivity index (χ0) is 11.7. The number of alkyl halides is 1. The Kier molecular flexibility index (Phi) is 3.52. The molecule has 0 radical (unpaired) electrons. The summed E-state index contributed by atoms with van der Waals surface area (Å²) in [6.07, 6.45) is 6.26. The highest BCUT2D eigenvalue weighted by Crippen LogP contribution is 2.40. The van der Waals surface area contributed by atoms with Gasteiger partial charge in [0.25, 0.3) is 0 Å². The Bertz CT molecular complexity index is 381. The maximum atomic E-state index is 5.44. The molecule has 0 unspecified atom stereocenters. The summed E-state index contributed by atoms with van der Waals surface area (Å²) in [6, 6.07) is 0. The standard InChI is InChI=1S/C13H19BrN2O/c14-8-11-12(9-2-1-3-9)15-16-13(11)10-4-6-17-7-5-10/h9-10H,1-8H2,(H,15,16). The largest absolute Gasteiger partial charge is 0.381 e. The highest BCUT2D eigenvalue weighted by molar-refractivity contribution is 9.08. The lowest BCUT2D eigenvalue weighted by Crippen LogP contribution is -2.16. The fourth-order valence-corrected chi connectivity index (χ4v) is 3.47. The topological polar surface area (TPSA) is 37.9 Å². The van der Waals surface area contributed by atoms with Crippen molar-refractivity contribution < 1.29 is 4.74 Å². The van der Waals surface area contributed by atoms with Crippen molar-refractivity contribution in [1.29, 1.82) is 0 Å². The maximum absolute atomic E-state index is 5.44. The van der Waals surface area contributed by atoms with E-state index in [0.29, 0.717) is 11.8 Å². The van der Waals surface area contributed by atoms with Crippen molar-refractivity contribution >= 4 is 15.9 Å². The maximum Gasteiger partial charge on any atom is 0.0696 e. The molecule has 1 aromatic heterocycles. The van der Waals surface area contributed by atoms with Crippen LogP contribution < -0.4 is 0 Å². The summed E-state index contributed by atoms with van der Waals surface area (Å²) in [4.78, 5) is 0. The first-order valence-electron chi connectivity index (χ1n) is 6.61. The second-order valence-corrected chi connectivity index (χ2v) is 5.71. The molecule has 1 N–H and O–H groups in total. The van der Waals surface area contributed by atoms with Crippen LogP contribution in [-0.4, -0.2) is 23.4 Å². The molecule has 3 rings (SSSR count). The van der Waals surface area contributed by atoms with Crippen molar-refractivity contribution in [2.45, 2.75) is 49.3 Å². The van der Waals surface area contributed by atoms with Crippen LogP contribution >= 0.6 is 15.9 Å². The van der Waals surface area contributed by atoms with E-state index in [0.717, 1.165) is 31.4 Å². The average molecular weight is 299 g/mol. The molecule has 0 aromatic carbocycles. The number of hydrogen-bond donors (Lipinski definition) is 1. The molecule has 0 atom stereocenters. The third kappa shape index (κ3) is 2.17. The Morgan fingerprint density at radius 3 is 2.53 bits per heavy atom. The highest BCUT2D eigenvalue weighted by atomic mass is 79.9. The Morgan fingerprint density at radius 2 is 1.94 bits per heavy atom. The van der Waals surface area contributed by atoms with Crippen molar-refractivity contribution in [1.82, 2.24) is 10.2 Å². The van der Waals surface area contributed by atoms with Crippen molar-refractivity contribution in [3.05, 3.63) is 17.0 Å². The summed E-state index contributed by atoms with van der Waals surface area (Å²) in [6.45, 7) is 1.79. The molecule has 2 fully saturated rings. The molecule has 1 aromatic rings. The van der Waals surface area contributed by atoms with Gasteiger partial charge in [-0.05, 0) is 25.7 Å². The molecule has 1 saturated carbocycles. The van der Waals surface area contributed by atoms with Crippen LogP contribution in [0.3, 0.4) is 0 Å². The van der Waals surface area contributed by atoms with Crippen LogP contribution in [-0.2, 0) is 10.1 Å². The van der Waals surface area contributed by atoms with Gasteiger partial charge in [-0.15, -0.1) is 0 Å². The molecule has 1 aliphatic heterocycles. The fraction of sp³-hybridized carbons (Fsp3) is 0.769. The van der Waals surface area contributed by atoms with E-state index < -0.39 is 0 Å². The molecular formula is C13H19BrN2O. The van der Waals surface area contributed by atoms with E-state index in [1.165, 1.54) is 36.2 Å². The summed E-state index contributed by atoms with van der Waals surface area (Å²) in [5.41, 5.74) is 4.13. The number of aromatic amines is 1. The molecule has 0 bridgehead atoms. The van der Waals surface area contributed by atoms with Crippen LogP contribution in [0.2, 0.25) is 0 Å². The van der Waals surface area contributed by atoms with E-state index in [-0.39, 0.29) is 0 Å². The van der Waals surface area contributed by atoms with E-state index in [1.54, 1.807) is 0 Å². The number of nitrogens with one attached hydrogen (secondary N) is 1. The number of hydrogen-bond acceptors (Lipinski definition) is 2. The smallest absolute Gasteiger partial charge is 0.0696 e. The van der Waals surface area contributed by atoms with Crippen molar-refractivity contribution in [3.8, 4) is 0 Å². The molecular weight excluding hydrogens is 280 g/mol. The molecule has 2 aliphatic rings. The van der Waals surface area contributed by atoms with Crippen LogP contribution in [0.25, 0.3) is 0 Å². The summed E-state index contributed by atoms with van der Waals surface area (Å²) in [7, 11) is 0. The first-order valence-corrected chi connectivity index (χ1v) is 7.73. The van der Waals surface area contributed by atoms with Gasteiger partial charge < -0.3 is 4.74 Å². The molecule has 4 heteroatoms. The van der Waals surface area contributed by atoms with Crippen LogP contribution in [0.1, 0.15) is 60.9 Å². The highest BCUT2D eigenvalue weighted by Gasteiger charge is 2.29. The number of ether oxygens (including phenoxy) is 1. The molecule has 2 heterocycles. The van der Waals surface area contributed by atoms with E-state index >= 15 is 0 Å². The van der Waals surface area contributed by atoms with Gasteiger partial charge >= 0.3 is 0 Å². The average Bonchev–Trinajstić information content (AvgIpc) is 2.71. The van der Waals surface area contributed by atoms with Crippen molar-refractivity contribution in [2.24, 2.45) is 0 Å². The number of nitrogens with zero attached hydrogens (tertiary/aromatic N) is 1. The van der Waals surface area contributed by atoms with Gasteiger partial charge in [0.05, 0.1) is 5.69 Å². The predicted molar refractivity (Wildman–Crippen MR) is 70.6 cm³/mol. The minimum Gasteiger partial charge on any atom is -0.381 e. The van der Waals surface area contributed by atoms with Crippen LogP contribution in [0.4, 0.5) is 0 Å². The number of halogens is 1. The van der Waals surface area contributed by atoms with E-state index in [9.17, 15) is 0 Å². The van der Waals surface area contributed by atoms with E-state index in [4.69, 9.17) is 4.74 Å². The molecule has 94 valence electrons. The van der Waals surface area contributed by atoms with Gasteiger partial charge in [0.15, 0.2) is 0 Å². The predicted octanol–water partition coefficient (Wildman–Crippen LogP) is 3.47. The second-order valence-electron chi connectivity index (χ2n) is 5.15. The Labute approximate surface area is 110 Å². The normalized spacial score (nSPS) is 22.6. The monoisotopic (exact) mass is 298 g/mol. The zero-order valence-corrected chi connectivity index (χ0v) is 11.6. The lowest BCUT2D eigenvalue weighted by molar-refractivity contribution is 0.0843. The Balaban J connectivity index is 1.85. The fourth-order valence-electron chi connectivity index (χ4n) is 2.88. The number of H-pyrrole nitrogens is 1. The molecule has 0 amide bonds. The minimum atomic E-state index is 0.623.